The van der Waals surface area contributed by atoms with Crippen LogP contribution in [0, 0.1) is 27.7 Å². The van der Waals surface area contributed by atoms with Crippen LogP contribution in [0.1, 0.15) is 74.9 Å². The molecule has 0 saturated carbocycles. The summed E-state index contributed by atoms with van der Waals surface area (Å²) >= 11 is 0. The van der Waals surface area contributed by atoms with Crippen LogP contribution in [-0.2, 0) is 30.9 Å². The summed E-state index contributed by atoms with van der Waals surface area (Å²) in [6.07, 6.45) is 0. The van der Waals surface area contributed by atoms with Gasteiger partial charge in [0.2, 0.25) is 0 Å². The van der Waals surface area contributed by atoms with E-state index < -0.39 is 20.0 Å². The first kappa shape index (κ1) is 34.1. The van der Waals surface area contributed by atoms with Crippen molar-refractivity contribution in [3.05, 3.63) is 106 Å². The molecule has 0 aliphatic rings. The molecule has 0 unspecified atom stereocenters. The van der Waals surface area contributed by atoms with Gasteiger partial charge in [-0.2, -0.15) is 0 Å². The number of aryl methyl sites for hydroxylation is 2. The lowest BCUT2D eigenvalue weighted by Crippen LogP contribution is -2.18. The summed E-state index contributed by atoms with van der Waals surface area (Å²) in [5, 5.41) is 0. The molecule has 240 valence electrons. The minimum absolute atomic E-state index is 0.194. The minimum Gasteiger partial charge on any atom is -0.457 e. The van der Waals surface area contributed by atoms with Gasteiger partial charge >= 0.3 is 0 Å². The molecule has 0 amide bonds. The highest BCUT2D eigenvalue weighted by Crippen LogP contribution is 2.32. The van der Waals surface area contributed by atoms with Crippen molar-refractivity contribution in [2.45, 2.75) is 89.9 Å². The van der Waals surface area contributed by atoms with Crippen molar-refractivity contribution >= 4 is 31.4 Å². The van der Waals surface area contributed by atoms with E-state index in [2.05, 4.69) is 51.0 Å². The Labute approximate surface area is 269 Å². The summed E-state index contributed by atoms with van der Waals surface area (Å²) in [6, 6.07) is 20.8. The van der Waals surface area contributed by atoms with Crippen molar-refractivity contribution < 1.29 is 21.6 Å². The fourth-order valence-corrected chi connectivity index (χ4v) is 7.62. The number of ether oxygens (including phenoxy) is 1. The van der Waals surface area contributed by atoms with Crippen LogP contribution in [0.3, 0.4) is 0 Å². The Morgan fingerprint density at radius 3 is 1.11 bits per heavy atom. The lowest BCUT2D eigenvalue weighted by molar-refractivity contribution is 0.483. The van der Waals surface area contributed by atoms with E-state index >= 15 is 0 Å². The average molecular weight is 649 g/mol. The SMILES string of the molecule is Cc1cc(C(C)(C)C)cc(S(=O)(=O)Nc2ccc(Oc3ccc(NS(=O)(=O)c4cc(C(C)(C)C)cc(C)c4C)cc3)cc2)c1C. The Balaban J connectivity index is 1.47. The monoisotopic (exact) mass is 648 g/mol. The molecule has 0 aromatic heterocycles. The molecule has 0 atom stereocenters. The van der Waals surface area contributed by atoms with Gasteiger partial charge < -0.3 is 4.74 Å². The minimum atomic E-state index is -3.82. The number of hydrogen-bond donors (Lipinski definition) is 2. The van der Waals surface area contributed by atoms with Gasteiger partial charge in [0.15, 0.2) is 0 Å². The predicted molar refractivity (Wildman–Crippen MR) is 184 cm³/mol. The number of rotatable bonds is 8. The Kier molecular flexibility index (Phi) is 9.21. The molecular formula is C36H44N2O5S2. The number of anilines is 2. The van der Waals surface area contributed by atoms with Gasteiger partial charge in [0.05, 0.1) is 9.79 Å². The zero-order valence-electron chi connectivity index (χ0n) is 27.8. The van der Waals surface area contributed by atoms with Crippen molar-refractivity contribution in [2.75, 3.05) is 9.44 Å². The molecule has 0 spiro atoms. The van der Waals surface area contributed by atoms with Crippen LogP contribution in [-0.4, -0.2) is 16.8 Å². The van der Waals surface area contributed by atoms with Crippen molar-refractivity contribution in [1.82, 2.24) is 0 Å². The Morgan fingerprint density at radius 2 is 0.822 bits per heavy atom. The third-order valence-corrected chi connectivity index (χ3v) is 11.0. The van der Waals surface area contributed by atoms with Gasteiger partial charge in [-0.1, -0.05) is 53.7 Å². The van der Waals surface area contributed by atoms with E-state index in [1.54, 1.807) is 60.7 Å². The van der Waals surface area contributed by atoms with E-state index in [1.165, 1.54) is 0 Å². The second-order valence-electron chi connectivity index (χ2n) is 13.7. The maximum atomic E-state index is 13.4. The quantitative estimate of drug-likeness (QED) is 0.199. The van der Waals surface area contributed by atoms with E-state index in [-0.39, 0.29) is 20.6 Å². The van der Waals surface area contributed by atoms with E-state index in [1.807, 2.05) is 39.8 Å². The second kappa shape index (κ2) is 12.2. The van der Waals surface area contributed by atoms with Crippen LogP contribution in [0.25, 0.3) is 0 Å². The summed E-state index contributed by atoms with van der Waals surface area (Å²) in [4.78, 5) is 0.520. The highest BCUT2D eigenvalue weighted by molar-refractivity contribution is 7.93. The summed E-state index contributed by atoms with van der Waals surface area (Å²) < 4.78 is 64.7. The zero-order valence-corrected chi connectivity index (χ0v) is 29.4. The van der Waals surface area contributed by atoms with Crippen LogP contribution in [0.2, 0.25) is 0 Å². The van der Waals surface area contributed by atoms with Gasteiger partial charge in [-0.25, -0.2) is 16.8 Å². The van der Waals surface area contributed by atoms with Crippen LogP contribution in [0.5, 0.6) is 11.5 Å². The van der Waals surface area contributed by atoms with Crippen LogP contribution < -0.4 is 14.2 Å². The fraction of sp³-hybridized carbons (Fsp3) is 0.333. The molecule has 9 heteroatoms. The van der Waals surface area contributed by atoms with E-state index in [0.29, 0.717) is 34.0 Å². The number of nitrogens with one attached hydrogen (secondary N) is 2. The number of sulfonamides is 2. The largest absolute Gasteiger partial charge is 0.457 e. The van der Waals surface area contributed by atoms with Crippen LogP contribution in [0.15, 0.2) is 82.6 Å². The smallest absolute Gasteiger partial charge is 0.262 e. The average Bonchev–Trinajstić information content (AvgIpc) is 2.92. The lowest BCUT2D eigenvalue weighted by atomic mass is 9.85. The maximum absolute atomic E-state index is 13.4. The molecule has 0 aliphatic heterocycles. The number of hydrogen-bond acceptors (Lipinski definition) is 5. The normalized spacial score (nSPS) is 12.6. The second-order valence-corrected chi connectivity index (χ2v) is 17.0. The van der Waals surface area contributed by atoms with E-state index in [0.717, 1.165) is 22.3 Å². The first-order valence-electron chi connectivity index (χ1n) is 14.8. The third kappa shape index (κ3) is 7.89. The molecule has 4 aromatic rings. The topological polar surface area (TPSA) is 102 Å². The van der Waals surface area contributed by atoms with E-state index in [4.69, 9.17) is 4.74 Å². The van der Waals surface area contributed by atoms with Crippen molar-refractivity contribution in [2.24, 2.45) is 0 Å². The van der Waals surface area contributed by atoms with Crippen molar-refractivity contribution in [1.29, 1.82) is 0 Å². The van der Waals surface area contributed by atoms with E-state index in [9.17, 15) is 16.8 Å². The molecule has 4 rings (SSSR count). The molecule has 0 bridgehead atoms. The highest BCUT2D eigenvalue weighted by atomic mass is 32.2. The van der Waals surface area contributed by atoms with Gasteiger partial charge in [0.1, 0.15) is 11.5 Å². The standard InChI is InChI=1S/C36H44N2O5S2/c1-23-19-27(35(5,6)7)21-33(25(23)3)44(39,40)37-29-11-15-31(16-12-29)43-32-17-13-30(14-18-32)38-45(41,42)34-22-28(36(8,9)10)20-24(2)26(34)4/h11-22,37-38H,1-10H3. The van der Waals surface area contributed by atoms with Gasteiger partial charge in [0, 0.05) is 11.4 Å². The molecule has 0 saturated heterocycles. The molecule has 45 heavy (non-hydrogen) atoms. The number of benzene rings is 4. The molecule has 0 heterocycles. The molecule has 4 aromatic carbocycles. The molecule has 0 radical (unpaired) electrons. The predicted octanol–water partition coefficient (Wildman–Crippen LogP) is 8.91. The molecule has 0 fully saturated rings. The van der Waals surface area contributed by atoms with Crippen LogP contribution in [0.4, 0.5) is 11.4 Å². The highest BCUT2D eigenvalue weighted by Gasteiger charge is 2.25. The Morgan fingerprint density at radius 1 is 0.511 bits per heavy atom. The van der Waals surface area contributed by atoms with Crippen LogP contribution >= 0.6 is 0 Å². The van der Waals surface area contributed by atoms with Gasteiger partial charge in [-0.3, -0.25) is 9.44 Å². The summed E-state index contributed by atoms with van der Waals surface area (Å²) in [7, 11) is -7.65. The summed E-state index contributed by atoms with van der Waals surface area (Å²) in [6.45, 7) is 19.8. The molecule has 2 N–H and O–H groups in total. The van der Waals surface area contributed by atoms with Gasteiger partial charge in [0.25, 0.3) is 20.0 Å². The van der Waals surface area contributed by atoms with Crippen molar-refractivity contribution in [3.8, 4) is 11.5 Å². The molecule has 7 nitrogen and oxygen atoms in total. The first-order valence-corrected chi connectivity index (χ1v) is 17.8. The zero-order chi connectivity index (χ0) is 33.5. The first-order chi connectivity index (χ1) is 20.7. The Bertz CT molecular complexity index is 1790. The summed E-state index contributed by atoms with van der Waals surface area (Å²) in [5.41, 5.74) is 5.60. The Hall–Kier alpha value is -3.82. The molecule has 0 aliphatic carbocycles. The summed E-state index contributed by atoms with van der Waals surface area (Å²) in [5.74, 6) is 0.997. The third-order valence-electron chi connectivity index (χ3n) is 8.00. The van der Waals surface area contributed by atoms with Gasteiger partial charge in [-0.15, -0.1) is 0 Å². The van der Waals surface area contributed by atoms with Crippen molar-refractivity contribution in [3.63, 3.8) is 0 Å². The van der Waals surface area contributed by atoms with Gasteiger partial charge in [-0.05, 0) is 133 Å². The maximum Gasteiger partial charge on any atom is 0.262 e. The fourth-order valence-electron chi connectivity index (χ4n) is 4.82. The molecular weight excluding hydrogens is 605 g/mol. The lowest BCUT2D eigenvalue weighted by Gasteiger charge is -2.22.